The van der Waals surface area contributed by atoms with Gasteiger partial charge in [-0.05, 0) is 17.7 Å². The van der Waals surface area contributed by atoms with Gasteiger partial charge in [0, 0.05) is 11.7 Å². The number of carbonyl (C=O) groups is 1. The maximum atomic E-state index is 12.0. The average molecular weight is 299 g/mol. The lowest BCUT2D eigenvalue weighted by Crippen LogP contribution is -2.40. The number of hydrogen-bond acceptors (Lipinski definition) is 5. The first-order valence-electron chi connectivity index (χ1n) is 6.16. The Kier molecular flexibility index (Phi) is 3.51. The van der Waals surface area contributed by atoms with Crippen LogP contribution in [-0.2, 0) is 14.6 Å². The fourth-order valence-electron chi connectivity index (χ4n) is 2.57. The van der Waals surface area contributed by atoms with Gasteiger partial charge in [-0.25, -0.2) is 8.42 Å². The highest BCUT2D eigenvalue weighted by Crippen LogP contribution is 2.54. The van der Waals surface area contributed by atoms with Crippen LogP contribution in [0.15, 0.2) is 24.3 Å². The molecule has 2 rings (SSSR count). The first-order valence-corrected chi connectivity index (χ1v) is 7.88. The van der Waals surface area contributed by atoms with Crippen LogP contribution in [0, 0.1) is 0 Å². The second-order valence-electron chi connectivity index (χ2n) is 4.86. The van der Waals surface area contributed by atoms with Crippen molar-refractivity contribution < 1.29 is 23.1 Å². The summed E-state index contributed by atoms with van der Waals surface area (Å²) in [5.74, 6) is -1.53. The first kappa shape index (κ1) is 14.8. The molecule has 0 saturated heterocycles. The number of carboxylic acid groups (broad SMARTS) is 1. The van der Waals surface area contributed by atoms with E-state index in [9.17, 15) is 18.3 Å². The zero-order chi connectivity index (χ0) is 15.1. The molecule has 0 bridgehead atoms. The van der Waals surface area contributed by atoms with Gasteiger partial charge in [-0.2, -0.15) is 0 Å². The number of methoxy groups -OCH3 is 1. The molecule has 0 aromatic heterocycles. The maximum absolute atomic E-state index is 12.0. The largest absolute Gasteiger partial charge is 0.497 e. The summed E-state index contributed by atoms with van der Waals surface area (Å²) in [6.45, 7) is 1.49. The number of sulfone groups is 1. The summed E-state index contributed by atoms with van der Waals surface area (Å²) in [6.07, 6.45) is 0. The molecule has 0 radical (unpaired) electrons. The van der Waals surface area contributed by atoms with Crippen LogP contribution in [-0.4, -0.2) is 43.1 Å². The normalized spacial score (nSPS) is 28.9. The van der Waals surface area contributed by atoms with Crippen molar-refractivity contribution in [3.63, 3.8) is 0 Å². The van der Waals surface area contributed by atoms with Gasteiger partial charge >= 0.3 is 5.97 Å². The summed E-state index contributed by atoms with van der Waals surface area (Å²) in [5, 5.41) is 8.18. The Morgan fingerprint density at radius 1 is 1.40 bits per heavy atom. The molecule has 3 N–H and O–H groups in total. The smallest absolute Gasteiger partial charge is 0.325 e. The van der Waals surface area contributed by atoms with Gasteiger partial charge in [0.15, 0.2) is 9.84 Å². The summed E-state index contributed by atoms with van der Waals surface area (Å²) in [7, 11) is -2.01. The molecular formula is C13H17NO5S. The minimum atomic E-state index is -3.53. The third-order valence-corrected chi connectivity index (χ3v) is 6.05. The van der Waals surface area contributed by atoms with E-state index in [-0.39, 0.29) is 5.75 Å². The molecule has 1 saturated carbocycles. The Morgan fingerprint density at radius 3 is 2.35 bits per heavy atom. The molecule has 0 unspecified atom stereocenters. The van der Waals surface area contributed by atoms with Crippen LogP contribution in [0.25, 0.3) is 0 Å². The van der Waals surface area contributed by atoms with Gasteiger partial charge in [-0.3, -0.25) is 4.79 Å². The van der Waals surface area contributed by atoms with E-state index in [1.807, 2.05) is 0 Å². The molecule has 7 heteroatoms. The summed E-state index contributed by atoms with van der Waals surface area (Å²) >= 11 is 0. The van der Waals surface area contributed by atoms with Crippen molar-refractivity contribution in [3.05, 3.63) is 29.8 Å². The van der Waals surface area contributed by atoms with E-state index in [0.717, 1.165) is 0 Å². The number of aliphatic carboxylic acids is 1. The van der Waals surface area contributed by atoms with Crippen LogP contribution in [0.2, 0.25) is 0 Å². The van der Waals surface area contributed by atoms with Crippen molar-refractivity contribution in [1.82, 2.24) is 0 Å². The molecule has 1 aromatic carbocycles. The average Bonchev–Trinajstić information content (AvgIpc) is 3.08. The summed E-state index contributed by atoms with van der Waals surface area (Å²) in [5.41, 5.74) is 4.68. The van der Waals surface area contributed by atoms with E-state index < -0.39 is 32.5 Å². The maximum Gasteiger partial charge on any atom is 0.325 e. The molecule has 1 aromatic rings. The number of benzene rings is 1. The molecule has 6 nitrogen and oxygen atoms in total. The zero-order valence-corrected chi connectivity index (χ0v) is 12.1. The van der Waals surface area contributed by atoms with Crippen LogP contribution >= 0.6 is 0 Å². The Bertz CT molecular complexity index is 625. The minimum Gasteiger partial charge on any atom is -0.497 e. The first-order chi connectivity index (χ1) is 9.29. The van der Waals surface area contributed by atoms with Crippen LogP contribution < -0.4 is 10.5 Å². The van der Waals surface area contributed by atoms with Gasteiger partial charge in [-0.1, -0.05) is 19.1 Å². The highest BCUT2D eigenvalue weighted by Gasteiger charge is 2.73. The standard InChI is InChI=1S/C13H17NO5S/c1-3-20(17,18)11-10(13(11,14)12(15)16)8-4-6-9(19-2)7-5-8/h4-7,10-11H,3,14H2,1-2H3,(H,15,16)/t10-,11+,13+/m0/s1. The van der Waals surface area contributed by atoms with E-state index in [2.05, 4.69) is 0 Å². The molecule has 0 spiro atoms. The summed E-state index contributed by atoms with van der Waals surface area (Å²) < 4.78 is 29.1. The van der Waals surface area contributed by atoms with Crippen LogP contribution in [0.3, 0.4) is 0 Å². The van der Waals surface area contributed by atoms with Gasteiger partial charge in [0.25, 0.3) is 0 Å². The summed E-state index contributed by atoms with van der Waals surface area (Å²) in [4.78, 5) is 11.3. The topological polar surface area (TPSA) is 107 Å². The van der Waals surface area contributed by atoms with Crippen molar-refractivity contribution >= 4 is 15.8 Å². The molecule has 0 aliphatic heterocycles. The third-order valence-electron chi connectivity index (χ3n) is 3.81. The Balaban J connectivity index is 2.41. The fraction of sp³-hybridized carbons (Fsp3) is 0.462. The highest BCUT2D eigenvalue weighted by atomic mass is 32.2. The summed E-state index contributed by atoms with van der Waals surface area (Å²) in [6, 6.07) is 6.62. The van der Waals surface area contributed by atoms with Crippen LogP contribution in [0.5, 0.6) is 5.75 Å². The molecule has 110 valence electrons. The molecular weight excluding hydrogens is 282 g/mol. The molecule has 3 atom stereocenters. The number of carboxylic acids is 1. The molecule has 1 aliphatic rings. The SMILES string of the molecule is CCS(=O)(=O)[C@@H]1[C@H](c2ccc(OC)cc2)[C@]1(N)C(=O)O. The monoisotopic (exact) mass is 299 g/mol. The molecule has 0 heterocycles. The number of ether oxygens (including phenoxy) is 1. The number of nitrogens with two attached hydrogens (primary N) is 1. The molecule has 1 aliphatic carbocycles. The lowest BCUT2D eigenvalue weighted by Gasteiger charge is -2.05. The van der Waals surface area contributed by atoms with Gasteiger partial charge in [0.1, 0.15) is 11.3 Å². The van der Waals surface area contributed by atoms with Crippen molar-refractivity contribution in [2.75, 3.05) is 12.9 Å². The molecule has 0 amide bonds. The van der Waals surface area contributed by atoms with Crippen molar-refractivity contribution in [2.45, 2.75) is 23.6 Å². The van der Waals surface area contributed by atoms with Crippen molar-refractivity contribution in [2.24, 2.45) is 5.73 Å². The van der Waals surface area contributed by atoms with Gasteiger partial charge in [0.05, 0.1) is 12.4 Å². The quantitative estimate of drug-likeness (QED) is 0.814. The third kappa shape index (κ3) is 2.06. The Morgan fingerprint density at radius 2 is 1.95 bits per heavy atom. The number of hydrogen-bond donors (Lipinski definition) is 2. The Labute approximate surface area is 117 Å². The minimum absolute atomic E-state index is 0.128. The van der Waals surface area contributed by atoms with E-state index in [1.54, 1.807) is 24.3 Å². The van der Waals surface area contributed by atoms with Gasteiger partial charge < -0.3 is 15.6 Å². The van der Waals surface area contributed by atoms with E-state index >= 15 is 0 Å². The molecule has 1 fully saturated rings. The fourth-order valence-corrected chi connectivity index (χ4v) is 4.49. The van der Waals surface area contributed by atoms with Gasteiger partial charge in [-0.15, -0.1) is 0 Å². The van der Waals surface area contributed by atoms with E-state index in [4.69, 9.17) is 10.5 Å². The predicted molar refractivity (Wildman–Crippen MR) is 73.5 cm³/mol. The molecule has 20 heavy (non-hydrogen) atoms. The highest BCUT2D eigenvalue weighted by molar-refractivity contribution is 7.92. The van der Waals surface area contributed by atoms with Gasteiger partial charge in [0.2, 0.25) is 0 Å². The number of rotatable bonds is 5. The van der Waals surface area contributed by atoms with Crippen molar-refractivity contribution in [1.29, 1.82) is 0 Å². The lowest BCUT2D eigenvalue weighted by molar-refractivity contribution is -0.139. The Hall–Kier alpha value is -1.60. The van der Waals surface area contributed by atoms with Crippen LogP contribution in [0.1, 0.15) is 18.4 Å². The van der Waals surface area contributed by atoms with E-state index in [0.29, 0.717) is 11.3 Å². The van der Waals surface area contributed by atoms with Crippen LogP contribution in [0.4, 0.5) is 0 Å². The second-order valence-corrected chi connectivity index (χ2v) is 7.27. The second kappa shape index (κ2) is 4.75. The van der Waals surface area contributed by atoms with E-state index in [1.165, 1.54) is 14.0 Å². The lowest BCUT2D eigenvalue weighted by atomic mass is 10.1. The zero-order valence-electron chi connectivity index (χ0n) is 11.2. The predicted octanol–water partition coefficient (Wildman–Crippen LogP) is 0.378. The van der Waals surface area contributed by atoms with Crippen molar-refractivity contribution in [3.8, 4) is 5.75 Å².